The van der Waals surface area contributed by atoms with E-state index in [1.54, 1.807) is 0 Å². The molecule has 2 nitrogen and oxygen atoms in total. The smallest absolute Gasteiger partial charge is 0.0598 e. The van der Waals surface area contributed by atoms with Crippen molar-refractivity contribution in [3.63, 3.8) is 0 Å². The van der Waals surface area contributed by atoms with E-state index in [0.29, 0.717) is 5.41 Å². The number of hydrogen-bond donors (Lipinski definition) is 1. The van der Waals surface area contributed by atoms with Crippen molar-refractivity contribution in [3.05, 3.63) is 0 Å². The Morgan fingerprint density at radius 1 is 1.00 bits per heavy atom. The minimum atomic E-state index is 0.00400. The summed E-state index contributed by atoms with van der Waals surface area (Å²) >= 11 is 0. The van der Waals surface area contributed by atoms with Gasteiger partial charge < -0.3 is 10.1 Å². The van der Waals surface area contributed by atoms with Gasteiger partial charge in [0.1, 0.15) is 0 Å². The Morgan fingerprint density at radius 2 is 1.57 bits per heavy atom. The van der Waals surface area contributed by atoms with Gasteiger partial charge in [0.25, 0.3) is 0 Å². The molecular formula is C12H27NO. The highest BCUT2D eigenvalue weighted by Gasteiger charge is 2.10. The van der Waals surface area contributed by atoms with Gasteiger partial charge in [-0.2, -0.15) is 0 Å². The summed E-state index contributed by atoms with van der Waals surface area (Å²) in [4.78, 5) is 0. The molecule has 0 aliphatic rings. The largest absolute Gasteiger partial charge is 0.376 e. The third-order valence-electron chi connectivity index (χ3n) is 1.69. The fraction of sp³-hybridized carbons (Fsp3) is 1.00. The molecule has 0 radical (unpaired) electrons. The number of hydrogen-bond acceptors (Lipinski definition) is 2. The molecule has 0 bridgehead atoms. The SMILES string of the molecule is CC(C)(C)CNCCCOC(C)(C)C. The van der Waals surface area contributed by atoms with Crippen molar-refractivity contribution < 1.29 is 4.74 Å². The fourth-order valence-electron chi connectivity index (χ4n) is 1.04. The molecular weight excluding hydrogens is 174 g/mol. The fourth-order valence-corrected chi connectivity index (χ4v) is 1.04. The van der Waals surface area contributed by atoms with Gasteiger partial charge in [-0.3, -0.25) is 0 Å². The maximum Gasteiger partial charge on any atom is 0.0598 e. The van der Waals surface area contributed by atoms with E-state index in [1.165, 1.54) is 0 Å². The van der Waals surface area contributed by atoms with Crippen LogP contribution >= 0.6 is 0 Å². The van der Waals surface area contributed by atoms with E-state index < -0.39 is 0 Å². The minimum absolute atomic E-state index is 0.00400. The van der Waals surface area contributed by atoms with Crippen LogP contribution in [0.4, 0.5) is 0 Å². The second kappa shape index (κ2) is 5.72. The average Bonchev–Trinajstić information content (AvgIpc) is 1.92. The molecule has 0 aliphatic heterocycles. The predicted molar refractivity (Wildman–Crippen MR) is 62.6 cm³/mol. The minimum Gasteiger partial charge on any atom is -0.376 e. The molecule has 0 fully saturated rings. The van der Waals surface area contributed by atoms with Gasteiger partial charge in [-0.25, -0.2) is 0 Å². The van der Waals surface area contributed by atoms with E-state index in [2.05, 4.69) is 46.9 Å². The zero-order valence-electron chi connectivity index (χ0n) is 10.7. The normalized spacial score (nSPS) is 13.3. The van der Waals surface area contributed by atoms with Crippen molar-refractivity contribution in [2.24, 2.45) is 5.41 Å². The van der Waals surface area contributed by atoms with Gasteiger partial charge in [-0.1, -0.05) is 20.8 Å². The van der Waals surface area contributed by atoms with Gasteiger partial charge >= 0.3 is 0 Å². The standard InChI is InChI=1S/C12H27NO/c1-11(2,3)10-13-8-7-9-14-12(4,5)6/h13H,7-10H2,1-6H3. The Bertz CT molecular complexity index is 123. The van der Waals surface area contributed by atoms with Crippen LogP contribution in [0.5, 0.6) is 0 Å². The van der Waals surface area contributed by atoms with Crippen molar-refractivity contribution in [2.45, 2.75) is 53.6 Å². The van der Waals surface area contributed by atoms with Gasteiger partial charge in [-0.15, -0.1) is 0 Å². The summed E-state index contributed by atoms with van der Waals surface area (Å²) in [5, 5.41) is 3.43. The summed E-state index contributed by atoms with van der Waals surface area (Å²) in [6, 6.07) is 0. The molecule has 0 atom stereocenters. The Labute approximate surface area is 89.4 Å². The molecule has 0 aromatic heterocycles. The third kappa shape index (κ3) is 11.9. The van der Waals surface area contributed by atoms with Crippen LogP contribution < -0.4 is 5.32 Å². The van der Waals surface area contributed by atoms with E-state index in [0.717, 1.165) is 26.1 Å². The lowest BCUT2D eigenvalue weighted by atomic mass is 9.97. The zero-order chi connectivity index (χ0) is 11.2. The molecule has 0 amide bonds. The lowest BCUT2D eigenvalue weighted by Crippen LogP contribution is -2.29. The topological polar surface area (TPSA) is 21.3 Å². The van der Waals surface area contributed by atoms with E-state index in [1.807, 2.05) is 0 Å². The first kappa shape index (κ1) is 13.9. The summed E-state index contributed by atoms with van der Waals surface area (Å²) in [7, 11) is 0. The summed E-state index contributed by atoms with van der Waals surface area (Å²) in [6.45, 7) is 16.0. The molecule has 0 heterocycles. The van der Waals surface area contributed by atoms with Gasteiger partial charge in [-0.05, 0) is 45.7 Å². The van der Waals surface area contributed by atoms with Gasteiger partial charge in [0.2, 0.25) is 0 Å². The Balaban J connectivity index is 3.23. The van der Waals surface area contributed by atoms with Crippen LogP contribution in [0, 0.1) is 5.41 Å². The molecule has 2 heteroatoms. The summed E-state index contributed by atoms with van der Waals surface area (Å²) in [5.74, 6) is 0. The number of ether oxygens (including phenoxy) is 1. The van der Waals surface area contributed by atoms with Crippen LogP contribution in [0.1, 0.15) is 48.0 Å². The van der Waals surface area contributed by atoms with E-state index in [4.69, 9.17) is 4.74 Å². The molecule has 14 heavy (non-hydrogen) atoms. The van der Waals surface area contributed by atoms with E-state index >= 15 is 0 Å². The lowest BCUT2D eigenvalue weighted by Gasteiger charge is -2.21. The highest BCUT2D eigenvalue weighted by atomic mass is 16.5. The molecule has 1 N–H and O–H groups in total. The highest BCUT2D eigenvalue weighted by molar-refractivity contribution is 4.65. The Morgan fingerprint density at radius 3 is 2.00 bits per heavy atom. The molecule has 0 saturated heterocycles. The summed E-state index contributed by atoms with van der Waals surface area (Å²) in [5.41, 5.74) is 0.384. The Hall–Kier alpha value is -0.0800. The van der Waals surface area contributed by atoms with Crippen LogP contribution in [-0.2, 0) is 4.74 Å². The average molecular weight is 201 g/mol. The summed E-state index contributed by atoms with van der Waals surface area (Å²) < 4.78 is 5.62. The first-order chi connectivity index (χ1) is 6.21. The zero-order valence-corrected chi connectivity index (χ0v) is 10.7. The van der Waals surface area contributed by atoms with Gasteiger partial charge in [0.15, 0.2) is 0 Å². The van der Waals surface area contributed by atoms with Crippen LogP contribution in [0.3, 0.4) is 0 Å². The van der Waals surface area contributed by atoms with Crippen molar-refractivity contribution in [3.8, 4) is 0 Å². The van der Waals surface area contributed by atoms with Crippen LogP contribution in [0.2, 0.25) is 0 Å². The van der Waals surface area contributed by atoms with Crippen LogP contribution in [0.15, 0.2) is 0 Å². The van der Waals surface area contributed by atoms with Gasteiger partial charge in [0.05, 0.1) is 5.60 Å². The van der Waals surface area contributed by atoms with Gasteiger partial charge in [0, 0.05) is 6.61 Å². The molecule has 0 aromatic carbocycles. The predicted octanol–water partition coefficient (Wildman–Crippen LogP) is 2.83. The molecule has 0 unspecified atom stereocenters. The second-order valence-corrected chi connectivity index (χ2v) is 6.05. The summed E-state index contributed by atoms with van der Waals surface area (Å²) in [6.07, 6.45) is 1.09. The van der Waals surface area contributed by atoms with Crippen molar-refractivity contribution in [1.82, 2.24) is 5.32 Å². The molecule has 0 aromatic rings. The Kier molecular flexibility index (Phi) is 5.68. The quantitative estimate of drug-likeness (QED) is 0.691. The van der Waals surface area contributed by atoms with E-state index in [-0.39, 0.29) is 5.60 Å². The maximum atomic E-state index is 5.62. The molecule has 0 rings (SSSR count). The maximum absolute atomic E-state index is 5.62. The number of nitrogens with one attached hydrogen (secondary N) is 1. The molecule has 0 spiro atoms. The van der Waals surface area contributed by atoms with E-state index in [9.17, 15) is 0 Å². The van der Waals surface area contributed by atoms with Crippen LogP contribution in [0.25, 0.3) is 0 Å². The number of rotatable bonds is 5. The lowest BCUT2D eigenvalue weighted by molar-refractivity contribution is -0.00390. The van der Waals surface area contributed by atoms with Crippen molar-refractivity contribution >= 4 is 0 Å². The van der Waals surface area contributed by atoms with Crippen molar-refractivity contribution in [1.29, 1.82) is 0 Å². The van der Waals surface area contributed by atoms with Crippen LogP contribution in [-0.4, -0.2) is 25.3 Å². The highest BCUT2D eigenvalue weighted by Crippen LogP contribution is 2.10. The molecule has 0 aliphatic carbocycles. The third-order valence-corrected chi connectivity index (χ3v) is 1.69. The first-order valence-electron chi connectivity index (χ1n) is 5.55. The monoisotopic (exact) mass is 201 g/mol. The molecule has 0 saturated carbocycles. The van der Waals surface area contributed by atoms with Crippen molar-refractivity contribution in [2.75, 3.05) is 19.7 Å². The second-order valence-electron chi connectivity index (χ2n) is 6.05. The molecule has 86 valence electrons. The first-order valence-corrected chi connectivity index (χ1v) is 5.55.